The van der Waals surface area contributed by atoms with Crippen molar-refractivity contribution in [2.24, 2.45) is 10.8 Å². The van der Waals surface area contributed by atoms with E-state index in [2.05, 4.69) is 34.6 Å². The molecule has 0 atom stereocenters. The van der Waals surface area contributed by atoms with Gasteiger partial charge in [0, 0.05) is 73.6 Å². The summed E-state index contributed by atoms with van der Waals surface area (Å²) >= 11 is 0. The van der Waals surface area contributed by atoms with Gasteiger partial charge >= 0.3 is 0 Å². The van der Waals surface area contributed by atoms with Gasteiger partial charge in [-0.2, -0.15) is 0 Å². The van der Waals surface area contributed by atoms with Crippen LogP contribution in [0.1, 0.15) is 38.8 Å². The molecule has 2 aromatic carbocycles. The van der Waals surface area contributed by atoms with Crippen molar-refractivity contribution in [2.45, 2.75) is 34.2 Å². The Hall–Kier alpha value is -5.15. The molecule has 0 fully saturated rings. The Morgan fingerprint density at radius 1 is 0.816 bits per heavy atom. The summed E-state index contributed by atoms with van der Waals surface area (Å²) in [7, 11) is 0. The van der Waals surface area contributed by atoms with Gasteiger partial charge in [0.25, 0.3) is 5.91 Å². The van der Waals surface area contributed by atoms with Crippen LogP contribution in [0.25, 0.3) is 33.4 Å². The van der Waals surface area contributed by atoms with Gasteiger partial charge in [-0.25, -0.2) is 8.78 Å². The molecule has 0 radical (unpaired) electrons. The topological polar surface area (TPSA) is 80.5 Å². The van der Waals surface area contributed by atoms with Crippen molar-refractivity contribution in [3.63, 3.8) is 0 Å². The average molecular weight is 663 g/mol. The van der Waals surface area contributed by atoms with Crippen molar-refractivity contribution in [1.29, 1.82) is 0 Å². The molecule has 0 saturated carbocycles. The predicted octanol–water partition coefficient (Wildman–Crippen LogP) is 7.77. The molecule has 5 aromatic rings. The fraction of sp³-hybridized carbons (Fsp3) is 0.275. The summed E-state index contributed by atoms with van der Waals surface area (Å²) in [4.78, 5) is 22.9. The van der Waals surface area contributed by atoms with Crippen molar-refractivity contribution in [2.75, 3.05) is 26.3 Å². The molecule has 2 aliphatic heterocycles. The monoisotopic (exact) mass is 662 g/mol. The van der Waals surface area contributed by atoms with Gasteiger partial charge in [-0.15, -0.1) is 0 Å². The number of carbonyl (C=O) groups excluding carboxylic acids is 1. The van der Waals surface area contributed by atoms with Crippen molar-refractivity contribution < 1.29 is 23.4 Å². The van der Waals surface area contributed by atoms with E-state index in [0.717, 1.165) is 51.4 Å². The molecule has 0 spiro atoms. The second-order valence-corrected chi connectivity index (χ2v) is 14.1. The van der Waals surface area contributed by atoms with E-state index in [4.69, 9.17) is 4.74 Å². The van der Waals surface area contributed by atoms with E-state index in [9.17, 15) is 18.7 Å². The van der Waals surface area contributed by atoms with E-state index in [1.165, 1.54) is 24.3 Å². The minimum absolute atomic E-state index is 0.00669. The largest absolute Gasteiger partial charge is 0.478 e. The van der Waals surface area contributed by atoms with Gasteiger partial charge in [-0.05, 0) is 76.4 Å². The fourth-order valence-corrected chi connectivity index (χ4v) is 6.25. The molecule has 5 heterocycles. The van der Waals surface area contributed by atoms with Crippen LogP contribution in [0.4, 0.5) is 8.78 Å². The van der Waals surface area contributed by atoms with E-state index in [1.807, 2.05) is 38.1 Å². The zero-order valence-corrected chi connectivity index (χ0v) is 28.2. The van der Waals surface area contributed by atoms with Crippen LogP contribution < -0.4 is 4.74 Å². The van der Waals surface area contributed by atoms with Crippen LogP contribution >= 0.6 is 0 Å². The standard InChI is InChI=1S/C20H21FN2O2.C20H19FN2O/c1-20(2,13-24)12-23-11-17(14-3-5-16(21)6-4-14)18(19(23)25)15-7-9-22-10-8-15;1-20(2)12-23-11-17(14-3-5-16(21)6-4-14)18(19(23)24-13-20)15-7-9-22-10-8-15/h3-10,24H,11-13H2,1-2H3;3-11H,12-13H2,1-2H3. The number of pyridine rings is 2. The number of benzene rings is 2. The highest BCUT2D eigenvalue weighted by atomic mass is 19.1. The molecular weight excluding hydrogens is 622 g/mol. The summed E-state index contributed by atoms with van der Waals surface area (Å²) in [5.41, 5.74) is 6.92. The summed E-state index contributed by atoms with van der Waals surface area (Å²) in [5.74, 6) is 0.259. The number of amides is 1. The lowest BCUT2D eigenvalue weighted by Gasteiger charge is -2.31. The van der Waals surface area contributed by atoms with Gasteiger partial charge in [0.05, 0.1) is 17.7 Å². The van der Waals surface area contributed by atoms with Crippen molar-refractivity contribution in [3.05, 3.63) is 127 Å². The molecule has 0 unspecified atom stereocenters. The summed E-state index contributed by atoms with van der Waals surface area (Å²) in [6.45, 7) is 10.7. The second kappa shape index (κ2) is 13.8. The molecule has 0 saturated heterocycles. The average Bonchev–Trinajstić information content (AvgIpc) is 3.62. The van der Waals surface area contributed by atoms with Gasteiger partial charge in [0.15, 0.2) is 0 Å². The maximum Gasteiger partial charge on any atom is 0.255 e. The first-order valence-corrected chi connectivity index (χ1v) is 16.3. The van der Waals surface area contributed by atoms with Gasteiger partial charge in [0.2, 0.25) is 5.88 Å². The summed E-state index contributed by atoms with van der Waals surface area (Å²) < 4.78 is 34.9. The normalized spacial score (nSPS) is 15.4. The second-order valence-electron chi connectivity index (χ2n) is 14.1. The number of aromatic nitrogens is 3. The van der Waals surface area contributed by atoms with Crippen LogP contribution in [-0.4, -0.2) is 56.8 Å². The summed E-state index contributed by atoms with van der Waals surface area (Å²) in [6.07, 6.45) is 8.97. The molecule has 2 aliphatic rings. The van der Waals surface area contributed by atoms with Gasteiger partial charge < -0.3 is 19.3 Å². The molecular formula is C40H40F2N4O3. The molecule has 252 valence electrons. The predicted molar refractivity (Wildman–Crippen MR) is 187 cm³/mol. The van der Waals surface area contributed by atoms with E-state index >= 15 is 0 Å². The van der Waals surface area contributed by atoms with Crippen molar-refractivity contribution in [1.82, 2.24) is 19.4 Å². The SMILES string of the molecule is CC(C)(CO)CN1CC(c2ccc(F)cc2)=C(c2ccncc2)C1=O.CC1(C)COc2c(-c3ccncc3)c(-c3ccc(F)cc3)cn2C1. The summed E-state index contributed by atoms with van der Waals surface area (Å²) in [6, 6.07) is 20.4. The maximum absolute atomic E-state index is 13.3. The van der Waals surface area contributed by atoms with Crippen LogP contribution in [-0.2, 0) is 11.3 Å². The first-order valence-electron chi connectivity index (χ1n) is 16.3. The first-order chi connectivity index (χ1) is 23.4. The lowest BCUT2D eigenvalue weighted by molar-refractivity contribution is -0.125. The number of rotatable bonds is 7. The molecule has 1 amide bonds. The van der Waals surface area contributed by atoms with E-state index in [-0.39, 0.29) is 29.6 Å². The number of aliphatic hydroxyl groups is 1. The number of aliphatic hydroxyl groups excluding tert-OH is 1. The molecule has 0 bridgehead atoms. The first kappa shape index (κ1) is 33.7. The molecule has 49 heavy (non-hydrogen) atoms. The number of nitrogens with zero attached hydrogens (tertiary/aromatic N) is 4. The highest BCUT2D eigenvalue weighted by Crippen LogP contribution is 2.44. The third kappa shape index (κ3) is 7.47. The molecule has 7 rings (SSSR count). The Labute approximate surface area is 285 Å². The molecule has 3 aromatic heterocycles. The third-order valence-electron chi connectivity index (χ3n) is 8.71. The van der Waals surface area contributed by atoms with Crippen molar-refractivity contribution in [3.8, 4) is 28.1 Å². The van der Waals surface area contributed by atoms with Crippen LogP contribution in [0.15, 0.2) is 104 Å². The third-order valence-corrected chi connectivity index (χ3v) is 8.71. The lowest BCUT2D eigenvalue weighted by atomic mass is 9.94. The van der Waals surface area contributed by atoms with E-state index in [1.54, 1.807) is 54.0 Å². The minimum atomic E-state index is -0.392. The highest BCUT2D eigenvalue weighted by molar-refractivity contribution is 6.30. The Morgan fingerprint density at radius 3 is 1.94 bits per heavy atom. The van der Waals surface area contributed by atoms with Crippen LogP contribution in [0.2, 0.25) is 0 Å². The van der Waals surface area contributed by atoms with Crippen molar-refractivity contribution >= 4 is 17.1 Å². The molecule has 7 nitrogen and oxygen atoms in total. The van der Waals surface area contributed by atoms with Crippen LogP contribution in [0.3, 0.4) is 0 Å². The quantitative estimate of drug-likeness (QED) is 0.193. The molecule has 1 N–H and O–H groups in total. The Morgan fingerprint density at radius 2 is 1.37 bits per heavy atom. The zero-order chi connectivity index (χ0) is 34.8. The Bertz CT molecular complexity index is 1950. The Balaban J connectivity index is 0.000000170. The Kier molecular flexibility index (Phi) is 9.48. The molecule has 9 heteroatoms. The zero-order valence-electron chi connectivity index (χ0n) is 28.2. The van der Waals surface area contributed by atoms with Gasteiger partial charge in [0.1, 0.15) is 11.6 Å². The number of ether oxygens (including phenoxy) is 1. The number of hydrogen-bond donors (Lipinski definition) is 1. The highest BCUT2D eigenvalue weighted by Gasteiger charge is 2.35. The molecule has 0 aliphatic carbocycles. The number of halogens is 2. The van der Waals surface area contributed by atoms with Gasteiger partial charge in [-0.3, -0.25) is 14.8 Å². The van der Waals surface area contributed by atoms with Crippen LogP contribution in [0, 0.1) is 22.5 Å². The van der Waals surface area contributed by atoms with Gasteiger partial charge in [-0.1, -0.05) is 52.0 Å². The number of carbonyl (C=O) groups is 1. The lowest BCUT2D eigenvalue weighted by Crippen LogP contribution is -2.38. The van der Waals surface area contributed by atoms with E-state index in [0.29, 0.717) is 25.3 Å². The summed E-state index contributed by atoms with van der Waals surface area (Å²) in [5, 5.41) is 9.54. The maximum atomic E-state index is 13.3. The smallest absolute Gasteiger partial charge is 0.255 e. The number of hydrogen-bond acceptors (Lipinski definition) is 5. The number of fused-ring (bicyclic) bond motifs is 1. The minimum Gasteiger partial charge on any atom is -0.478 e. The van der Waals surface area contributed by atoms with Crippen LogP contribution in [0.5, 0.6) is 5.88 Å². The van der Waals surface area contributed by atoms with E-state index < -0.39 is 5.41 Å². The fourth-order valence-electron chi connectivity index (χ4n) is 6.25.